The zero-order valence-electron chi connectivity index (χ0n) is 64.5. The summed E-state index contributed by atoms with van der Waals surface area (Å²) in [4.78, 5) is 5.00. The molecule has 0 N–H and O–H groups in total. The molecule has 0 fully saturated rings. The fourth-order valence-corrected chi connectivity index (χ4v) is 21.4. The monoisotopic (exact) mass is 1490 g/mol. The quantitative estimate of drug-likeness (QED) is 0.159. The summed E-state index contributed by atoms with van der Waals surface area (Å²) in [6.07, 6.45) is 0. The first kappa shape index (κ1) is 66.7. The molecule has 2 aromatic heterocycles. The summed E-state index contributed by atoms with van der Waals surface area (Å²) in [7, 11) is 0. The van der Waals surface area contributed by atoms with E-state index in [0.717, 1.165) is 83.6 Å². The first-order valence-corrected chi connectivity index (χ1v) is 40.7. The number of hydrogen-bond acceptors (Lipinski definition) is 4. The molecule has 2 spiro atoms. The molecule has 0 bridgehead atoms. The molecule has 117 heavy (non-hydrogen) atoms. The number of nitrogens with zero attached hydrogens (tertiary/aromatic N) is 2. The molecule has 25 rings (SSSR count). The third-order valence-corrected chi connectivity index (χ3v) is 26.2. The van der Waals surface area contributed by atoms with E-state index >= 15 is 0 Å². The van der Waals surface area contributed by atoms with E-state index in [1.165, 1.54) is 139 Å². The Morgan fingerprint density at radius 3 is 0.949 bits per heavy atom. The third kappa shape index (κ3) is 9.47. The van der Waals surface area contributed by atoms with Crippen LogP contribution in [0.1, 0.15) is 69.5 Å². The Morgan fingerprint density at radius 2 is 0.487 bits per heavy atom. The van der Waals surface area contributed by atoms with Crippen LogP contribution in [0.5, 0.6) is 0 Å². The molecule has 4 nitrogen and oxygen atoms in total. The van der Waals surface area contributed by atoms with Gasteiger partial charge in [0.2, 0.25) is 0 Å². The second-order valence-electron chi connectivity index (χ2n) is 32.3. The lowest BCUT2D eigenvalue weighted by Gasteiger charge is -2.36. The molecule has 0 saturated carbocycles. The van der Waals surface area contributed by atoms with Crippen LogP contribution in [-0.2, 0) is 16.2 Å². The van der Waals surface area contributed by atoms with E-state index in [1.807, 2.05) is 12.1 Å². The van der Waals surface area contributed by atoms with Gasteiger partial charge in [-0.1, -0.05) is 347 Å². The van der Waals surface area contributed by atoms with Gasteiger partial charge in [0.25, 0.3) is 0 Å². The second-order valence-corrected chi connectivity index (χ2v) is 32.3. The fraction of sp³-hybridized carbons (Fsp3) is 0.0442. The minimum atomic E-state index is -0.580. The summed E-state index contributed by atoms with van der Waals surface area (Å²) in [6.45, 7) is 4.74. The molecule has 18 aromatic carbocycles. The number of fused-ring (bicyclic) bond motifs is 33. The van der Waals surface area contributed by atoms with Crippen molar-refractivity contribution in [3.63, 3.8) is 0 Å². The molecule has 0 unspecified atom stereocenters. The average Bonchev–Trinajstić information content (AvgIpc) is 1.52. The molecule has 548 valence electrons. The van der Waals surface area contributed by atoms with Gasteiger partial charge >= 0.3 is 0 Å². The van der Waals surface area contributed by atoms with Crippen LogP contribution in [-0.4, -0.2) is 0 Å². The van der Waals surface area contributed by atoms with Gasteiger partial charge in [-0.05, 0) is 207 Å². The predicted octanol–water partition coefficient (Wildman–Crippen LogP) is 30.1. The van der Waals surface area contributed by atoms with Crippen LogP contribution >= 0.6 is 0 Å². The molecule has 20 aromatic rings. The van der Waals surface area contributed by atoms with Crippen molar-refractivity contribution in [3.05, 3.63) is 468 Å². The highest BCUT2D eigenvalue weighted by atomic mass is 16.3. The Kier molecular flexibility index (Phi) is 14.6. The van der Waals surface area contributed by atoms with Gasteiger partial charge in [-0.15, -0.1) is 0 Å². The van der Waals surface area contributed by atoms with Crippen LogP contribution in [0.3, 0.4) is 0 Å². The Labute approximate surface area is 679 Å². The lowest BCUT2D eigenvalue weighted by Crippen LogP contribution is -2.29. The number of rotatable bonds is 7. The van der Waals surface area contributed by atoms with Gasteiger partial charge in [0.15, 0.2) is 0 Å². The first-order valence-electron chi connectivity index (χ1n) is 40.7. The molecule has 4 heteroatoms. The van der Waals surface area contributed by atoms with Crippen molar-refractivity contribution >= 4 is 78.0 Å². The van der Waals surface area contributed by atoms with Gasteiger partial charge in [0.05, 0.1) is 27.9 Å². The number of para-hydroxylation sites is 3. The molecule has 0 atom stereocenters. The van der Waals surface area contributed by atoms with Crippen LogP contribution in [0.4, 0.5) is 34.1 Å². The number of anilines is 6. The van der Waals surface area contributed by atoms with Gasteiger partial charge in [-0.25, -0.2) is 0 Å². The maximum Gasteiger partial charge on any atom is 0.135 e. The van der Waals surface area contributed by atoms with Crippen LogP contribution in [0.25, 0.3) is 133 Å². The van der Waals surface area contributed by atoms with Crippen molar-refractivity contribution < 1.29 is 8.83 Å². The molecule has 0 aliphatic heterocycles. The lowest BCUT2D eigenvalue weighted by atomic mass is 9.66. The summed E-state index contributed by atoms with van der Waals surface area (Å²) in [6, 6.07) is 152. The maximum atomic E-state index is 6.40. The summed E-state index contributed by atoms with van der Waals surface area (Å²) >= 11 is 0. The van der Waals surface area contributed by atoms with E-state index < -0.39 is 10.8 Å². The SMILES string of the molecule is CC1(C)c2ccccc2-c2ccc(N(c3ccc4oc5ccccc5c4c3)c3cccc4c3-c3ccccc3C43c4ccccc4-c4ccccc4-c4ccccc43)cc21.c1ccc(-c2ccccc2N(c2ccc3oc4ccccc4c3c2)c2cccc3c2-c2ccccc2C32c3ccccc3-c3ccccc3-c3ccccc32)cc1. The van der Waals surface area contributed by atoms with Gasteiger partial charge < -0.3 is 18.6 Å². The van der Waals surface area contributed by atoms with Gasteiger partial charge in [-0.2, -0.15) is 0 Å². The molecular formula is C113H74N2O2. The molecule has 0 amide bonds. The Hall–Kier alpha value is -14.8. The minimum Gasteiger partial charge on any atom is -0.456 e. The van der Waals surface area contributed by atoms with Crippen molar-refractivity contribution in [2.24, 2.45) is 0 Å². The van der Waals surface area contributed by atoms with Crippen LogP contribution in [0, 0.1) is 0 Å². The van der Waals surface area contributed by atoms with Crippen molar-refractivity contribution in [2.75, 3.05) is 9.80 Å². The average molecular weight is 1490 g/mol. The predicted molar refractivity (Wildman–Crippen MR) is 483 cm³/mol. The van der Waals surface area contributed by atoms with E-state index in [1.54, 1.807) is 0 Å². The zero-order chi connectivity index (χ0) is 77.2. The van der Waals surface area contributed by atoms with Crippen molar-refractivity contribution in [3.8, 4) is 89.0 Å². The second kappa shape index (κ2) is 25.6. The summed E-state index contributed by atoms with van der Waals surface area (Å²) in [5, 5.41) is 4.43. The molecule has 0 radical (unpaired) electrons. The standard InChI is InChI=1S/C58H39NO.C55H35NO/c1-57(2)47-23-10-5-20-42(47)43-32-30-37(35-52(43)57)59(36-31-33-55-46(34-36)44-21-9-14-29-54(44)60-55)53-28-15-27-51-56(53)45-22-8-13-26-50(45)58(51)48-24-11-6-18-40(48)38-16-3-4-17-39(38)41-19-7-12-25-49(41)58;1-2-17-36(18-3-1)38-19-9-14-30-50(38)56(37-33-34-53-45(35-37)43-24-10-15-32-52(43)57-53)51-31-16-29-49-54(51)44-25-8-13-28-48(44)55(49)46-26-11-6-22-41(46)39-20-4-5-21-40(39)42-23-7-12-27-47(42)55/h3-35H,1-2H3;1-35H. The first-order chi connectivity index (χ1) is 57.8. The summed E-state index contributed by atoms with van der Waals surface area (Å²) in [5.41, 5.74) is 42.1. The highest BCUT2D eigenvalue weighted by molar-refractivity contribution is 6.11. The fourth-order valence-electron chi connectivity index (χ4n) is 21.4. The maximum absolute atomic E-state index is 6.40. The zero-order valence-corrected chi connectivity index (χ0v) is 64.5. The van der Waals surface area contributed by atoms with Crippen LogP contribution < -0.4 is 9.80 Å². The van der Waals surface area contributed by atoms with Gasteiger partial charge in [0, 0.05) is 60.7 Å². The summed E-state index contributed by atoms with van der Waals surface area (Å²) in [5.74, 6) is 0. The minimum absolute atomic E-state index is 0.156. The lowest BCUT2D eigenvalue weighted by molar-refractivity contribution is 0.660. The van der Waals surface area contributed by atoms with Crippen LogP contribution in [0.2, 0.25) is 0 Å². The number of benzene rings is 18. The third-order valence-electron chi connectivity index (χ3n) is 26.2. The molecule has 0 saturated heterocycles. The van der Waals surface area contributed by atoms with Gasteiger partial charge in [0.1, 0.15) is 22.3 Å². The molecule has 5 aliphatic rings. The van der Waals surface area contributed by atoms with E-state index in [2.05, 4.69) is 424 Å². The van der Waals surface area contributed by atoms with Crippen LogP contribution in [0.15, 0.2) is 421 Å². The highest BCUT2D eigenvalue weighted by Crippen LogP contribution is 2.67. The van der Waals surface area contributed by atoms with E-state index in [9.17, 15) is 0 Å². The van der Waals surface area contributed by atoms with Crippen molar-refractivity contribution in [1.29, 1.82) is 0 Å². The Bertz CT molecular complexity index is 7400. The smallest absolute Gasteiger partial charge is 0.135 e. The molecular weight excluding hydrogens is 1420 g/mol. The largest absolute Gasteiger partial charge is 0.456 e. The molecule has 5 aliphatic carbocycles. The van der Waals surface area contributed by atoms with Gasteiger partial charge in [-0.3, -0.25) is 0 Å². The van der Waals surface area contributed by atoms with E-state index in [0.29, 0.717) is 0 Å². The van der Waals surface area contributed by atoms with E-state index in [-0.39, 0.29) is 5.41 Å². The highest BCUT2D eigenvalue weighted by Gasteiger charge is 2.53. The Balaban J connectivity index is 0.000000134. The number of furan rings is 2. The summed E-state index contributed by atoms with van der Waals surface area (Å²) < 4.78 is 12.8. The Morgan fingerprint density at radius 1 is 0.188 bits per heavy atom. The normalized spacial score (nSPS) is 13.8. The van der Waals surface area contributed by atoms with Crippen molar-refractivity contribution in [2.45, 2.75) is 30.1 Å². The van der Waals surface area contributed by atoms with E-state index in [4.69, 9.17) is 8.83 Å². The molecule has 2 heterocycles. The number of hydrogen-bond donors (Lipinski definition) is 0. The van der Waals surface area contributed by atoms with Crippen molar-refractivity contribution in [1.82, 2.24) is 0 Å². The topological polar surface area (TPSA) is 32.8 Å².